The van der Waals surface area contributed by atoms with E-state index in [-0.39, 0.29) is 24.0 Å². The van der Waals surface area contributed by atoms with E-state index >= 15 is 0 Å². The third kappa shape index (κ3) is 5.13. The zero-order chi connectivity index (χ0) is 23.6. The molecule has 33 heavy (non-hydrogen) atoms. The van der Waals surface area contributed by atoms with E-state index < -0.39 is 15.9 Å². The van der Waals surface area contributed by atoms with E-state index in [1.165, 1.54) is 4.90 Å². The summed E-state index contributed by atoms with van der Waals surface area (Å²) in [5, 5.41) is 0. The molecule has 0 aromatic heterocycles. The Balaban J connectivity index is 1.47. The highest BCUT2D eigenvalue weighted by Gasteiger charge is 2.39. The van der Waals surface area contributed by atoms with Crippen LogP contribution in [0.3, 0.4) is 0 Å². The summed E-state index contributed by atoms with van der Waals surface area (Å²) in [5.74, 6) is 0.246. The van der Waals surface area contributed by atoms with Crippen LogP contribution in [0.5, 0.6) is 5.75 Å². The smallest absolute Gasteiger partial charge is 0.255 e. The van der Waals surface area contributed by atoms with Gasteiger partial charge >= 0.3 is 0 Å². The van der Waals surface area contributed by atoms with Crippen LogP contribution in [-0.2, 0) is 21.2 Å². The first-order valence-electron chi connectivity index (χ1n) is 11.0. The van der Waals surface area contributed by atoms with Crippen LogP contribution >= 0.6 is 0 Å². The van der Waals surface area contributed by atoms with E-state index in [1.54, 1.807) is 24.1 Å². The number of carbonyl (C=O) groups excluding carboxylic acids is 2. The van der Waals surface area contributed by atoms with Crippen LogP contribution in [0.25, 0.3) is 0 Å². The lowest BCUT2D eigenvalue weighted by Crippen LogP contribution is -2.55. The Morgan fingerprint density at radius 2 is 1.70 bits per heavy atom. The maximum atomic E-state index is 13.5. The van der Waals surface area contributed by atoms with E-state index in [2.05, 4.69) is 4.90 Å². The summed E-state index contributed by atoms with van der Waals surface area (Å²) in [4.78, 5) is 32.0. The number of piperazine rings is 1. The fourth-order valence-corrected chi connectivity index (χ4v) is 5.11. The zero-order valence-electron chi connectivity index (χ0n) is 18.9. The molecule has 0 aliphatic carbocycles. The molecule has 0 radical (unpaired) electrons. The summed E-state index contributed by atoms with van der Waals surface area (Å²) in [5.41, 5.74) is 2.50. The van der Waals surface area contributed by atoms with Gasteiger partial charge in [-0.15, -0.1) is 0 Å². The van der Waals surface area contributed by atoms with Crippen LogP contribution in [0.15, 0.2) is 48.5 Å². The van der Waals surface area contributed by atoms with Crippen molar-refractivity contribution in [2.24, 2.45) is 0 Å². The Bertz CT molecular complexity index is 1130. The van der Waals surface area contributed by atoms with Crippen molar-refractivity contribution in [1.29, 1.82) is 0 Å². The first kappa shape index (κ1) is 23.1. The van der Waals surface area contributed by atoms with Gasteiger partial charge in [-0.25, -0.2) is 8.42 Å². The van der Waals surface area contributed by atoms with Crippen molar-refractivity contribution in [2.75, 3.05) is 50.2 Å². The highest BCUT2D eigenvalue weighted by atomic mass is 32.2. The standard InChI is InChI=1S/C24H29N3O5S/c1-32-20-9-7-19(8-10-20)25-12-14-26(15-13-25)24(29)22(11-16-33(2,30)31)27-17-18-5-3-4-6-21(18)23(27)28/h3-10,22H,11-17H2,1-2H3/t22-/m0/s1. The van der Waals surface area contributed by atoms with Crippen molar-refractivity contribution >= 4 is 27.3 Å². The Kier molecular flexibility index (Phi) is 6.60. The molecule has 1 saturated heterocycles. The number of methoxy groups -OCH3 is 1. The molecule has 0 unspecified atom stereocenters. The molecule has 9 heteroatoms. The van der Waals surface area contributed by atoms with E-state index in [4.69, 9.17) is 4.74 Å². The van der Waals surface area contributed by atoms with E-state index in [0.717, 1.165) is 23.3 Å². The minimum atomic E-state index is -3.28. The number of amides is 2. The second-order valence-corrected chi connectivity index (χ2v) is 10.8. The number of rotatable bonds is 7. The molecule has 1 fully saturated rings. The molecule has 2 aromatic carbocycles. The molecule has 0 N–H and O–H groups in total. The molecule has 2 aliphatic heterocycles. The van der Waals surface area contributed by atoms with Crippen molar-refractivity contribution in [3.05, 3.63) is 59.7 Å². The van der Waals surface area contributed by atoms with Gasteiger partial charge in [0, 0.05) is 50.2 Å². The molecule has 0 saturated carbocycles. The van der Waals surface area contributed by atoms with Crippen LogP contribution < -0.4 is 9.64 Å². The number of hydrogen-bond acceptors (Lipinski definition) is 6. The summed E-state index contributed by atoms with van der Waals surface area (Å²) < 4.78 is 28.9. The van der Waals surface area contributed by atoms with Gasteiger partial charge in [-0.1, -0.05) is 18.2 Å². The molecule has 176 valence electrons. The van der Waals surface area contributed by atoms with Crippen molar-refractivity contribution in [3.63, 3.8) is 0 Å². The Morgan fingerprint density at radius 1 is 1.03 bits per heavy atom. The van der Waals surface area contributed by atoms with Crippen molar-refractivity contribution in [2.45, 2.75) is 19.0 Å². The maximum absolute atomic E-state index is 13.5. The average molecular weight is 472 g/mol. The molecule has 1 atom stereocenters. The molecule has 0 spiro atoms. The lowest BCUT2D eigenvalue weighted by atomic mass is 10.1. The molecule has 2 heterocycles. The SMILES string of the molecule is COc1ccc(N2CCN(C(=O)[C@H](CCS(C)(=O)=O)N3Cc4ccccc4C3=O)CC2)cc1. The fraction of sp³-hybridized carbons (Fsp3) is 0.417. The summed E-state index contributed by atoms with van der Waals surface area (Å²) in [7, 11) is -1.65. The van der Waals surface area contributed by atoms with E-state index in [1.807, 2.05) is 36.4 Å². The molecule has 0 bridgehead atoms. The van der Waals surface area contributed by atoms with Crippen molar-refractivity contribution < 1.29 is 22.7 Å². The quantitative estimate of drug-likeness (QED) is 0.612. The number of carbonyl (C=O) groups is 2. The van der Waals surface area contributed by atoms with Gasteiger partial charge in [-0.3, -0.25) is 9.59 Å². The lowest BCUT2D eigenvalue weighted by molar-refractivity contribution is -0.136. The van der Waals surface area contributed by atoms with Gasteiger partial charge in [0.05, 0.1) is 12.9 Å². The lowest BCUT2D eigenvalue weighted by Gasteiger charge is -2.39. The fourth-order valence-electron chi connectivity index (χ4n) is 4.46. The molecule has 2 aromatic rings. The van der Waals surface area contributed by atoms with E-state index in [0.29, 0.717) is 38.3 Å². The van der Waals surface area contributed by atoms with Crippen molar-refractivity contribution in [1.82, 2.24) is 9.80 Å². The van der Waals surface area contributed by atoms with Crippen LogP contribution in [0.1, 0.15) is 22.3 Å². The summed E-state index contributed by atoms with van der Waals surface area (Å²) >= 11 is 0. The van der Waals surface area contributed by atoms with Gasteiger partial charge in [-0.05, 0) is 42.3 Å². The number of anilines is 1. The molecular weight excluding hydrogens is 442 g/mol. The number of benzene rings is 2. The second kappa shape index (κ2) is 9.43. The molecule has 8 nitrogen and oxygen atoms in total. The van der Waals surface area contributed by atoms with Gasteiger partial charge in [0.2, 0.25) is 5.91 Å². The minimum Gasteiger partial charge on any atom is -0.497 e. The average Bonchev–Trinajstić information content (AvgIpc) is 3.15. The Hall–Kier alpha value is -3.07. The predicted octanol–water partition coefficient (Wildman–Crippen LogP) is 1.80. The topological polar surface area (TPSA) is 87.2 Å². The van der Waals surface area contributed by atoms with Gasteiger partial charge < -0.3 is 19.4 Å². The zero-order valence-corrected chi connectivity index (χ0v) is 19.8. The highest BCUT2D eigenvalue weighted by molar-refractivity contribution is 7.90. The first-order chi connectivity index (χ1) is 15.8. The monoisotopic (exact) mass is 471 g/mol. The molecular formula is C24H29N3O5S. The number of fused-ring (bicyclic) bond motifs is 1. The first-order valence-corrected chi connectivity index (χ1v) is 13.1. The maximum Gasteiger partial charge on any atom is 0.255 e. The van der Waals surface area contributed by atoms with Crippen LogP contribution in [0.4, 0.5) is 5.69 Å². The number of hydrogen-bond donors (Lipinski definition) is 0. The molecule has 2 amide bonds. The summed E-state index contributed by atoms with van der Waals surface area (Å²) in [6.07, 6.45) is 1.25. The van der Waals surface area contributed by atoms with Gasteiger partial charge in [0.1, 0.15) is 21.6 Å². The normalized spacial score (nSPS) is 17.2. The van der Waals surface area contributed by atoms with Crippen LogP contribution in [-0.4, -0.2) is 81.4 Å². The van der Waals surface area contributed by atoms with Gasteiger partial charge in [-0.2, -0.15) is 0 Å². The van der Waals surface area contributed by atoms with Gasteiger partial charge in [0.15, 0.2) is 0 Å². The third-order valence-electron chi connectivity index (χ3n) is 6.30. The van der Waals surface area contributed by atoms with Crippen molar-refractivity contribution in [3.8, 4) is 5.75 Å². The Morgan fingerprint density at radius 3 is 2.30 bits per heavy atom. The minimum absolute atomic E-state index is 0.0933. The highest BCUT2D eigenvalue weighted by Crippen LogP contribution is 2.27. The number of ether oxygens (including phenoxy) is 1. The molecule has 2 aliphatic rings. The summed E-state index contributed by atoms with van der Waals surface area (Å²) in [6.45, 7) is 2.65. The second-order valence-electron chi connectivity index (χ2n) is 8.53. The number of nitrogens with zero attached hydrogens (tertiary/aromatic N) is 3. The van der Waals surface area contributed by atoms with Crippen LogP contribution in [0, 0.1) is 0 Å². The summed E-state index contributed by atoms with van der Waals surface area (Å²) in [6, 6.07) is 14.3. The predicted molar refractivity (Wildman–Crippen MR) is 126 cm³/mol. The van der Waals surface area contributed by atoms with Crippen LogP contribution in [0.2, 0.25) is 0 Å². The van der Waals surface area contributed by atoms with E-state index in [9.17, 15) is 18.0 Å². The Labute approximate surface area is 194 Å². The molecule has 4 rings (SSSR count). The number of sulfone groups is 1. The third-order valence-corrected chi connectivity index (χ3v) is 7.28. The van der Waals surface area contributed by atoms with Gasteiger partial charge in [0.25, 0.3) is 5.91 Å². The largest absolute Gasteiger partial charge is 0.497 e.